The molecule has 10 heavy (non-hydrogen) atoms. The Bertz CT molecular complexity index is 148. The lowest BCUT2D eigenvalue weighted by Crippen LogP contribution is -2.27. The molecule has 1 aliphatic heterocycles. The lowest BCUT2D eigenvalue weighted by atomic mass is 10.3. The van der Waals surface area contributed by atoms with E-state index in [0.717, 1.165) is 19.5 Å². The molecule has 0 aromatic carbocycles. The third kappa shape index (κ3) is 0.867. The van der Waals surface area contributed by atoms with Gasteiger partial charge in [-0.3, -0.25) is 0 Å². The fourth-order valence-electron chi connectivity index (χ4n) is 2.05. The van der Waals surface area contributed by atoms with Crippen LogP contribution in [0, 0.1) is 5.92 Å². The molecule has 1 saturated carbocycles. The van der Waals surface area contributed by atoms with Crippen molar-refractivity contribution in [2.24, 2.45) is 5.92 Å². The van der Waals surface area contributed by atoms with Crippen molar-refractivity contribution in [1.29, 1.82) is 0 Å². The molecule has 2 unspecified atom stereocenters. The average Bonchev–Trinajstić information content (AvgIpc) is 2.34. The predicted molar refractivity (Wildman–Crippen MR) is 39.8 cm³/mol. The van der Waals surface area contributed by atoms with Crippen molar-refractivity contribution in [3.8, 4) is 0 Å². The highest BCUT2D eigenvalue weighted by molar-refractivity contribution is 5.11. The third-order valence-electron chi connectivity index (χ3n) is 2.72. The molecule has 0 amide bonds. The minimum Gasteiger partial charge on any atom is -0.388 e. The van der Waals surface area contributed by atoms with Crippen molar-refractivity contribution < 1.29 is 5.11 Å². The van der Waals surface area contributed by atoms with E-state index < -0.39 is 0 Å². The van der Waals surface area contributed by atoms with E-state index in [1.807, 2.05) is 0 Å². The molecule has 2 heteroatoms. The molecule has 1 heterocycles. The Balaban J connectivity index is 1.86. The van der Waals surface area contributed by atoms with Crippen LogP contribution < -0.4 is 0 Å². The Morgan fingerprint density at radius 1 is 1.70 bits per heavy atom. The van der Waals surface area contributed by atoms with E-state index in [1.54, 1.807) is 0 Å². The number of piperidine rings is 1. The van der Waals surface area contributed by atoms with Crippen molar-refractivity contribution in [3.63, 3.8) is 0 Å². The third-order valence-corrected chi connectivity index (χ3v) is 2.72. The zero-order valence-electron chi connectivity index (χ0n) is 6.51. The maximum absolute atomic E-state index is 9.62. The van der Waals surface area contributed by atoms with Crippen molar-refractivity contribution in [2.75, 3.05) is 19.6 Å². The molecule has 0 bridgehead atoms. The number of fused-ring (bicyclic) bond motifs is 1. The first kappa shape index (κ1) is 6.62. The second kappa shape index (κ2) is 1.95. The summed E-state index contributed by atoms with van der Waals surface area (Å²) < 4.78 is 0. The minimum absolute atomic E-state index is 0.241. The lowest BCUT2D eigenvalue weighted by molar-refractivity contribution is 0.128. The van der Waals surface area contributed by atoms with E-state index in [1.165, 1.54) is 13.0 Å². The first-order valence-corrected chi connectivity index (χ1v) is 4.19. The topological polar surface area (TPSA) is 23.5 Å². The van der Waals surface area contributed by atoms with Crippen molar-refractivity contribution in [1.82, 2.24) is 4.90 Å². The predicted octanol–water partition coefficient (Wildman–Crippen LogP) is 0.463. The molecule has 0 aromatic rings. The Kier molecular flexibility index (Phi) is 1.29. The van der Waals surface area contributed by atoms with Gasteiger partial charge in [-0.2, -0.15) is 0 Å². The summed E-state index contributed by atoms with van der Waals surface area (Å²) in [5.74, 6) is 0.624. The monoisotopic (exact) mass is 141 g/mol. The maximum atomic E-state index is 9.62. The number of likely N-dealkylation sites (tertiary alicyclic amines) is 1. The van der Waals surface area contributed by atoms with E-state index in [4.69, 9.17) is 0 Å². The van der Waals surface area contributed by atoms with Gasteiger partial charge < -0.3 is 10.0 Å². The smallest absolute Gasteiger partial charge is 0.0819 e. The summed E-state index contributed by atoms with van der Waals surface area (Å²) in [6.07, 6.45) is 2.27. The number of aliphatic hydroxyl groups is 1. The average molecular weight is 141 g/mol. The van der Waals surface area contributed by atoms with Gasteiger partial charge in [0.2, 0.25) is 0 Å². The van der Waals surface area contributed by atoms with Gasteiger partial charge >= 0.3 is 0 Å². The molecule has 2 fully saturated rings. The Hall–Kier alpha value is -0.0800. The number of hydrogen-bond acceptors (Lipinski definition) is 2. The maximum Gasteiger partial charge on any atom is 0.0819 e. The van der Waals surface area contributed by atoms with E-state index in [9.17, 15) is 5.11 Å². The van der Waals surface area contributed by atoms with E-state index in [0.29, 0.717) is 5.92 Å². The van der Waals surface area contributed by atoms with Crippen LogP contribution in [0.1, 0.15) is 19.8 Å². The van der Waals surface area contributed by atoms with Crippen LogP contribution in [0.15, 0.2) is 0 Å². The zero-order valence-corrected chi connectivity index (χ0v) is 6.51. The fraction of sp³-hybridized carbons (Fsp3) is 1.00. The summed E-state index contributed by atoms with van der Waals surface area (Å²) in [5.41, 5.74) is -0.241. The van der Waals surface area contributed by atoms with Crippen LogP contribution in [0.5, 0.6) is 0 Å². The number of hydrogen-bond donors (Lipinski definition) is 1. The van der Waals surface area contributed by atoms with Crippen molar-refractivity contribution >= 4 is 0 Å². The van der Waals surface area contributed by atoms with Crippen molar-refractivity contribution in [3.05, 3.63) is 0 Å². The van der Waals surface area contributed by atoms with Gasteiger partial charge in [-0.1, -0.05) is 6.92 Å². The molecular formula is C8H15NO. The SMILES string of the molecule is CCCN1CC2CC2(O)C1. The van der Waals surface area contributed by atoms with Crippen LogP contribution in [-0.4, -0.2) is 35.2 Å². The Labute approximate surface area is 61.8 Å². The highest BCUT2D eigenvalue weighted by Gasteiger charge is 2.58. The van der Waals surface area contributed by atoms with Crippen molar-refractivity contribution in [2.45, 2.75) is 25.4 Å². The summed E-state index contributed by atoms with van der Waals surface area (Å²) >= 11 is 0. The molecule has 1 saturated heterocycles. The second-order valence-corrected chi connectivity index (χ2v) is 3.74. The summed E-state index contributed by atoms with van der Waals surface area (Å²) in [7, 11) is 0. The standard InChI is InChI=1S/C8H15NO/c1-2-3-9-5-7-4-8(7,10)6-9/h7,10H,2-6H2,1H3. The Morgan fingerprint density at radius 3 is 3.00 bits per heavy atom. The van der Waals surface area contributed by atoms with Crippen LogP contribution in [-0.2, 0) is 0 Å². The van der Waals surface area contributed by atoms with Gasteiger partial charge in [-0.15, -0.1) is 0 Å². The molecular weight excluding hydrogens is 126 g/mol. The molecule has 1 aliphatic carbocycles. The molecule has 1 N–H and O–H groups in total. The summed E-state index contributed by atoms with van der Waals surface area (Å²) in [6, 6.07) is 0. The molecule has 0 aromatic heterocycles. The summed E-state index contributed by atoms with van der Waals surface area (Å²) in [4.78, 5) is 2.37. The fourth-order valence-corrected chi connectivity index (χ4v) is 2.05. The largest absolute Gasteiger partial charge is 0.388 e. The summed E-state index contributed by atoms with van der Waals surface area (Å²) in [6.45, 7) is 5.43. The van der Waals surface area contributed by atoms with Gasteiger partial charge in [-0.25, -0.2) is 0 Å². The number of rotatable bonds is 2. The first-order chi connectivity index (χ1) is 4.74. The zero-order chi connectivity index (χ0) is 7.19. The summed E-state index contributed by atoms with van der Waals surface area (Å²) in [5, 5.41) is 9.62. The van der Waals surface area contributed by atoms with Gasteiger partial charge in [0.25, 0.3) is 0 Å². The molecule has 0 radical (unpaired) electrons. The van der Waals surface area contributed by atoms with E-state index in [-0.39, 0.29) is 5.60 Å². The first-order valence-electron chi connectivity index (χ1n) is 4.19. The molecule has 2 nitrogen and oxygen atoms in total. The molecule has 2 atom stereocenters. The van der Waals surface area contributed by atoms with Crippen LogP contribution in [0.4, 0.5) is 0 Å². The Morgan fingerprint density at radius 2 is 2.50 bits per heavy atom. The molecule has 2 aliphatic rings. The normalized spacial score (nSPS) is 45.6. The van der Waals surface area contributed by atoms with E-state index >= 15 is 0 Å². The quantitative estimate of drug-likeness (QED) is 0.604. The highest BCUT2D eigenvalue weighted by Crippen LogP contribution is 2.49. The van der Waals surface area contributed by atoms with Gasteiger partial charge in [0, 0.05) is 19.0 Å². The van der Waals surface area contributed by atoms with Crippen LogP contribution in [0.2, 0.25) is 0 Å². The molecule has 58 valence electrons. The lowest BCUT2D eigenvalue weighted by Gasteiger charge is -2.16. The van der Waals surface area contributed by atoms with E-state index in [2.05, 4.69) is 11.8 Å². The second-order valence-electron chi connectivity index (χ2n) is 3.74. The molecule has 0 spiro atoms. The van der Waals surface area contributed by atoms with Gasteiger partial charge in [0.15, 0.2) is 0 Å². The van der Waals surface area contributed by atoms with Crippen LogP contribution >= 0.6 is 0 Å². The molecule has 2 rings (SSSR count). The van der Waals surface area contributed by atoms with Crippen LogP contribution in [0.3, 0.4) is 0 Å². The van der Waals surface area contributed by atoms with Gasteiger partial charge in [0.05, 0.1) is 5.60 Å². The number of β-amino-alcohol motifs (C(OH)–C–C–N with tert-alkyl or cyclic N) is 1. The minimum atomic E-state index is -0.241. The van der Waals surface area contributed by atoms with Gasteiger partial charge in [-0.05, 0) is 19.4 Å². The van der Waals surface area contributed by atoms with Gasteiger partial charge in [0.1, 0.15) is 0 Å². The highest BCUT2D eigenvalue weighted by atomic mass is 16.3. The van der Waals surface area contributed by atoms with Crippen LogP contribution in [0.25, 0.3) is 0 Å². The number of nitrogens with zero attached hydrogens (tertiary/aromatic N) is 1.